The molecule has 8 nitrogen and oxygen atoms in total. The standard InChI is InChI=1S/C25H27N5O3S/c1-17(2)15-29-20-9-8-18(28-25(33)22-7-5-11-34-22)12-21(20)30(16-24(29)32)23(31)14-26-13-19-6-3-4-10-27-19/h3-12,17,26H,13-16H2,1-2H3,(H,28,33). The predicted molar refractivity (Wildman–Crippen MR) is 134 cm³/mol. The van der Waals surface area contributed by atoms with Crippen molar-refractivity contribution in [1.29, 1.82) is 0 Å². The Morgan fingerprint density at radius 2 is 1.97 bits per heavy atom. The summed E-state index contributed by atoms with van der Waals surface area (Å²) in [5, 5.41) is 7.84. The Labute approximate surface area is 202 Å². The van der Waals surface area contributed by atoms with Crippen LogP contribution in [0.1, 0.15) is 29.2 Å². The van der Waals surface area contributed by atoms with E-state index in [0.29, 0.717) is 35.0 Å². The van der Waals surface area contributed by atoms with Gasteiger partial charge in [0.25, 0.3) is 5.91 Å². The van der Waals surface area contributed by atoms with E-state index in [0.717, 1.165) is 5.69 Å². The first-order valence-electron chi connectivity index (χ1n) is 11.1. The lowest BCUT2D eigenvalue weighted by molar-refractivity contribution is -0.122. The molecule has 0 fully saturated rings. The molecule has 4 rings (SSSR count). The summed E-state index contributed by atoms with van der Waals surface area (Å²) in [5.41, 5.74) is 2.66. The van der Waals surface area contributed by atoms with Crippen LogP contribution in [0, 0.1) is 5.92 Å². The molecule has 0 saturated carbocycles. The van der Waals surface area contributed by atoms with Crippen molar-refractivity contribution >= 4 is 46.1 Å². The molecule has 34 heavy (non-hydrogen) atoms. The van der Waals surface area contributed by atoms with E-state index < -0.39 is 0 Å². The van der Waals surface area contributed by atoms with Crippen molar-refractivity contribution in [1.82, 2.24) is 10.3 Å². The predicted octanol–water partition coefficient (Wildman–Crippen LogP) is 3.52. The normalized spacial score (nSPS) is 13.2. The van der Waals surface area contributed by atoms with E-state index in [-0.39, 0.29) is 36.7 Å². The van der Waals surface area contributed by atoms with E-state index >= 15 is 0 Å². The van der Waals surface area contributed by atoms with Crippen molar-refractivity contribution < 1.29 is 14.4 Å². The van der Waals surface area contributed by atoms with Gasteiger partial charge in [-0.1, -0.05) is 26.0 Å². The summed E-state index contributed by atoms with van der Waals surface area (Å²) in [6, 6.07) is 14.5. The lowest BCUT2D eigenvalue weighted by Crippen LogP contribution is -2.51. The third-order valence-electron chi connectivity index (χ3n) is 5.31. The zero-order chi connectivity index (χ0) is 24.1. The molecule has 0 spiro atoms. The van der Waals surface area contributed by atoms with E-state index in [4.69, 9.17) is 0 Å². The number of rotatable bonds is 8. The summed E-state index contributed by atoms with van der Waals surface area (Å²) in [6.45, 7) is 5.08. The Kier molecular flexibility index (Phi) is 7.34. The van der Waals surface area contributed by atoms with Gasteiger partial charge in [-0.3, -0.25) is 24.3 Å². The van der Waals surface area contributed by atoms with E-state index in [1.807, 2.05) is 43.5 Å². The first-order chi connectivity index (χ1) is 16.4. The number of thiophene rings is 1. The van der Waals surface area contributed by atoms with Crippen LogP contribution < -0.4 is 20.4 Å². The molecular weight excluding hydrogens is 450 g/mol. The van der Waals surface area contributed by atoms with Gasteiger partial charge in [0.1, 0.15) is 6.54 Å². The van der Waals surface area contributed by atoms with Crippen LogP contribution in [0.2, 0.25) is 0 Å². The number of benzene rings is 1. The average Bonchev–Trinajstić information content (AvgIpc) is 3.36. The van der Waals surface area contributed by atoms with E-state index in [2.05, 4.69) is 15.6 Å². The molecule has 2 aromatic heterocycles. The lowest BCUT2D eigenvalue weighted by Gasteiger charge is -2.37. The fraction of sp³-hybridized carbons (Fsp3) is 0.280. The number of carbonyl (C=O) groups is 3. The molecule has 0 bridgehead atoms. The molecule has 1 aliphatic rings. The minimum absolute atomic E-state index is 0.0495. The number of nitrogens with zero attached hydrogens (tertiary/aromatic N) is 3. The van der Waals surface area contributed by atoms with Crippen molar-refractivity contribution in [3.63, 3.8) is 0 Å². The highest BCUT2D eigenvalue weighted by molar-refractivity contribution is 7.12. The molecule has 0 aliphatic carbocycles. The van der Waals surface area contributed by atoms with Crippen molar-refractivity contribution in [3.05, 3.63) is 70.7 Å². The van der Waals surface area contributed by atoms with Crippen molar-refractivity contribution in [2.24, 2.45) is 5.92 Å². The first-order valence-corrected chi connectivity index (χ1v) is 12.0. The average molecular weight is 478 g/mol. The maximum absolute atomic E-state index is 13.1. The van der Waals surface area contributed by atoms with Gasteiger partial charge >= 0.3 is 0 Å². The number of hydrogen-bond donors (Lipinski definition) is 2. The molecule has 176 valence electrons. The van der Waals surface area contributed by atoms with Crippen LogP contribution in [0.15, 0.2) is 60.1 Å². The van der Waals surface area contributed by atoms with Crippen LogP contribution >= 0.6 is 11.3 Å². The van der Waals surface area contributed by atoms with Crippen LogP contribution in [-0.4, -0.2) is 42.3 Å². The second kappa shape index (κ2) is 10.6. The number of carbonyl (C=O) groups excluding carboxylic acids is 3. The number of hydrogen-bond acceptors (Lipinski definition) is 6. The van der Waals surface area contributed by atoms with Crippen LogP contribution in [0.5, 0.6) is 0 Å². The number of pyridine rings is 1. The second-order valence-electron chi connectivity index (χ2n) is 8.44. The summed E-state index contributed by atoms with van der Waals surface area (Å²) in [5.74, 6) is -0.306. The molecule has 9 heteroatoms. The minimum Gasteiger partial charge on any atom is -0.321 e. The molecule has 0 radical (unpaired) electrons. The zero-order valence-corrected chi connectivity index (χ0v) is 20.0. The summed E-state index contributed by atoms with van der Waals surface area (Å²) < 4.78 is 0. The summed E-state index contributed by atoms with van der Waals surface area (Å²) in [7, 11) is 0. The summed E-state index contributed by atoms with van der Waals surface area (Å²) in [6.07, 6.45) is 1.70. The molecule has 3 amide bonds. The number of aromatic nitrogens is 1. The van der Waals surface area contributed by atoms with Crippen LogP contribution in [0.25, 0.3) is 0 Å². The third kappa shape index (κ3) is 5.49. The van der Waals surface area contributed by atoms with E-state index in [1.54, 1.807) is 35.4 Å². The van der Waals surface area contributed by atoms with Gasteiger partial charge in [0.05, 0.1) is 28.5 Å². The van der Waals surface area contributed by atoms with E-state index in [9.17, 15) is 14.4 Å². The van der Waals surface area contributed by atoms with Gasteiger partial charge in [0, 0.05) is 25.0 Å². The highest BCUT2D eigenvalue weighted by Gasteiger charge is 2.33. The molecule has 2 N–H and O–H groups in total. The van der Waals surface area contributed by atoms with Gasteiger partial charge in [-0.15, -0.1) is 11.3 Å². The Morgan fingerprint density at radius 1 is 1.12 bits per heavy atom. The Balaban J connectivity index is 1.56. The fourth-order valence-electron chi connectivity index (χ4n) is 3.77. The van der Waals surface area contributed by atoms with Crippen LogP contribution in [0.3, 0.4) is 0 Å². The molecule has 1 aromatic carbocycles. The fourth-order valence-corrected chi connectivity index (χ4v) is 4.39. The number of fused-ring (bicyclic) bond motifs is 1. The molecule has 3 aromatic rings. The highest BCUT2D eigenvalue weighted by Crippen LogP contribution is 2.36. The molecule has 0 atom stereocenters. The minimum atomic E-state index is -0.225. The Morgan fingerprint density at radius 3 is 2.68 bits per heavy atom. The van der Waals surface area contributed by atoms with Gasteiger partial charge < -0.3 is 15.5 Å². The largest absolute Gasteiger partial charge is 0.321 e. The van der Waals surface area contributed by atoms with E-state index in [1.165, 1.54) is 16.2 Å². The quantitative estimate of drug-likeness (QED) is 0.518. The number of amides is 3. The molecule has 1 aliphatic heterocycles. The third-order valence-corrected chi connectivity index (χ3v) is 6.18. The Hall–Kier alpha value is -3.56. The summed E-state index contributed by atoms with van der Waals surface area (Å²) in [4.78, 5) is 46.7. The Bertz CT molecular complexity index is 1160. The van der Waals surface area contributed by atoms with Gasteiger partial charge in [0.2, 0.25) is 11.8 Å². The van der Waals surface area contributed by atoms with Gasteiger partial charge in [-0.05, 0) is 47.7 Å². The van der Waals surface area contributed by atoms with Crippen molar-refractivity contribution in [3.8, 4) is 0 Å². The number of anilines is 3. The van der Waals surface area contributed by atoms with Gasteiger partial charge in [-0.2, -0.15) is 0 Å². The number of nitrogens with one attached hydrogen (secondary N) is 2. The van der Waals surface area contributed by atoms with Crippen LogP contribution in [0.4, 0.5) is 17.1 Å². The van der Waals surface area contributed by atoms with Crippen molar-refractivity contribution in [2.75, 3.05) is 34.8 Å². The maximum Gasteiger partial charge on any atom is 0.265 e. The van der Waals surface area contributed by atoms with Gasteiger partial charge in [0.15, 0.2) is 0 Å². The summed E-state index contributed by atoms with van der Waals surface area (Å²) >= 11 is 1.36. The molecule has 0 unspecified atom stereocenters. The second-order valence-corrected chi connectivity index (χ2v) is 9.39. The maximum atomic E-state index is 13.1. The lowest BCUT2D eigenvalue weighted by atomic mass is 10.1. The monoisotopic (exact) mass is 477 g/mol. The smallest absolute Gasteiger partial charge is 0.265 e. The van der Waals surface area contributed by atoms with Gasteiger partial charge in [-0.25, -0.2) is 0 Å². The SMILES string of the molecule is CC(C)CN1C(=O)CN(C(=O)CNCc2ccccn2)c2cc(NC(=O)c3cccs3)ccc21. The molecular formula is C25H27N5O3S. The molecule has 0 saturated heterocycles. The molecule has 3 heterocycles. The highest BCUT2D eigenvalue weighted by atomic mass is 32.1. The van der Waals surface area contributed by atoms with Crippen LogP contribution in [-0.2, 0) is 16.1 Å². The van der Waals surface area contributed by atoms with Crippen molar-refractivity contribution in [2.45, 2.75) is 20.4 Å². The topological polar surface area (TPSA) is 94.6 Å². The first kappa shape index (κ1) is 23.6. The zero-order valence-electron chi connectivity index (χ0n) is 19.2.